The van der Waals surface area contributed by atoms with Gasteiger partial charge in [-0.15, -0.1) is 0 Å². The molecule has 3 N–H and O–H groups in total. The van der Waals surface area contributed by atoms with E-state index in [2.05, 4.69) is 18.7 Å². The van der Waals surface area contributed by atoms with Crippen LogP contribution >= 0.6 is 0 Å². The summed E-state index contributed by atoms with van der Waals surface area (Å²) >= 11 is 0. The van der Waals surface area contributed by atoms with Crippen LogP contribution in [0, 0.1) is 0 Å². The van der Waals surface area contributed by atoms with Gasteiger partial charge >= 0.3 is 0 Å². The zero-order chi connectivity index (χ0) is 12.0. The van der Waals surface area contributed by atoms with Crippen LogP contribution in [0.4, 0.5) is 0 Å². The van der Waals surface area contributed by atoms with Crippen molar-refractivity contribution in [2.75, 3.05) is 19.7 Å². The second-order valence-corrected chi connectivity index (χ2v) is 5.22. The molecule has 0 saturated carbocycles. The van der Waals surface area contributed by atoms with Crippen LogP contribution in [0.2, 0.25) is 0 Å². The molecule has 1 saturated heterocycles. The molecule has 1 fully saturated rings. The Kier molecular flexibility index (Phi) is 5.73. The molecule has 0 radical (unpaired) electrons. The van der Waals surface area contributed by atoms with Gasteiger partial charge in [0.05, 0.1) is 6.61 Å². The molecule has 3 nitrogen and oxygen atoms in total. The van der Waals surface area contributed by atoms with Crippen molar-refractivity contribution in [2.24, 2.45) is 5.73 Å². The Labute approximate surface area is 100 Å². The van der Waals surface area contributed by atoms with Crippen molar-refractivity contribution >= 4 is 0 Å². The summed E-state index contributed by atoms with van der Waals surface area (Å²) in [6, 6.07) is 0.794. The predicted molar refractivity (Wildman–Crippen MR) is 68.4 cm³/mol. The average Bonchev–Trinajstić information content (AvgIpc) is 2.76. The van der Waals surface area contributed by atoms with E-state index in [9.17, 15) is 5.11 Å². The third-order valence-corrected chi connectivity index (χ3v) is 4.11. The van der Waals surface area contributed by atoms with Gasteiger partial charge in [0.2, 0.25) is 0 Å². The maximum absolute atomic E-state index is 9.24. The van der Waals surface area contributed by atoms with E-state index >= 15 is 0 Å². The zero-order valence-corrected chi connectivity index (χ0v) is 10.9. The zero-order valence-electron chi connectivity index (χ0n) is 10.9. The monoisotopic (exact) mass is 228 g/mol. The molecule has 1 aliphatic rings. The second-order valence-electron chi connectivity index (χ2n) is 5.22. The standard InChI is InChI=1S/C13H28N2O/c1-3-12-7-5-9-15(12)10-6-8-13(14,4-2)11-16/h12,16H,3-11,14H2,1-2H3. The van der Waals surface area contributed by atoms with Crippen molar-refractivity contribution in [3.63, 3.8) is 0 Å². The molecule has 0 bridgehead atoms. The van der Waals surface area contributed by atoms with Crippen molar-refractivity contribution in [2.45, 2.75) is 64.0 Å². The molecule has 2 unspecified atom stereocenters. The van der Waals surface area contributed by atoms with Crippen molar-refractivity contribution in [3.05, 3.63) is 0 Å². The molecule has 0 aromatic carbocycles. The molecule has 1 aliphatic heterocycles. The molecule has 1 rings (SSSR count). The van der Waals surface area contributed by atoms with E-state index in [0.29, 0.717) is 0 Å². The van der Waals surface area contributed by atoms with Gasteiger partial charge in [-0.25, -0.2) is 0 Å². The van der Waals surface area contributed by atoms with Gasteiger partial charge in [0.15, 0.2) is 0 Å². The number of nitrogens with two attached hydrogens (primary N) is 1. The SMILES string of the molecule is CCC1CCCN1CCCC(N)(CC)CO. The number of aliphatic hydroxyl groups excluding tert-OH is 1. The van der Waals surface area contributed by atoms with Crippen LogP contribution in [0.25, 0.3) is 0 Å². The van der Waals surface area contributed by atoms with Crippen molar-refractivity contribution in [1.82, 2.24) is 4.90 Å². The maximum atomic E-state index is 9.24. The first-order valence-corrected chi connectivity index (χ1v) is 6.79. The normalized spacial score (nSPS) is 25.9. The van der Waals surface area contributed by atoms with Crippen LogP contribution in [-0.4, -0.2) is 41.3 Å². The molecule has 96 valence electrons. The lowest BCUT2D eigenvalue weighted by Crippen LogP contribution is -2.43. The van der Waals surface area contributed by atoms with E-state index in [1.807, 2.05) is 0 Å². The number of nitrogens with zero attached hydrogens (tertiary/aromatic N) is 1. The summed E-state index contributed by atoms with van der Waals surface area (Å²) in [5, 5.41) is 9.24. The summed E-state index contributed by atoms with van der Waals surface area (Å²) in [7, 11) is 0. The van der Waals surface area contributed by atoms with Gasteiger partial charge in [0.1, 0.15) is 0 Å². The molecule has 0 aromatic heterocycles. The highest BCUT2D eigenvalue weighted by Gasteiger charge is 2.25. The number of hydrogen-bond donors (Lipinski definition) is 2. The van der Waals surface area contributed by atoms with Crippen LogP contribution in [0.3, 0.4) is 0 Å². The quantitative estimate of drug-likeness (QED) is 0.698. The summed E-state index contributed by atoms with van der Waals surface area (Å²) in [6.45, 7) is 6.84. The first-order valence-electron chi connectivity index (χ1n) is 6.79. The third kappa shape index (κ3) is 3.72. The van der Waals surface area contributed by atoms with E-state index in [0.717, 1.165) is 31.8 Å². The summed E-state index contributed by atoms with van der Waals surface area (Å²) < 4.78 is 0. The van der Waals surface area contributed by atoms with E-state index in [-0.39, 0.29) is 12.1 Å². The van der Waals surface area contributed by atoms with Gasteiger partial charge in [0, 0.05) is 11.6 Å². The Bertz CT molecular complexity index is 192. The third-order valence-electron chi connectivity index (χ3n) is 4.11. The molecule has 1 heterocycles. The molecule has 2 atom stereocenters. The lowest BCUT2D eigenvalue weighted by atomic mass is 9.92. The van der Waals surface area contributed by atoms with Gasteiger partial charge < -0.3 is 15.7 Å². The fourth-order valence-electron chi connectivity index (χ4n) is 2.65. The fourth-order valence-corrected chi connectivity index (χ4v) is 2.65. The Morgan fingerprint density at radius 2 is 2.19 bits per heavy atom. The fraction of sp³-hybridized carbons (Fsp3) is 1.00. The van der Waals surface area contributed by atoms with E-state index in [1.165, 1.54) is 25.8 Å². The van der Waals surface area contributed by atoms with Crippen LogP contribution < -0.4 is 5.73 Å². The molecular weight excluding hydrogens is 200 g/mol. The van der Waals surface area contributed by atoms with Crippen molar-refractivity contribution in [3.8, 4) is 0 Å². The first kappa shape index (κ1) is 13.9. The molecule has 0 amide bonds. The van der Waals surface area contributed by atoms with Crippen LogP contribution in [-0.2, 0) is 0 Å². The van der Waals surface area contributed by atoms with Gasteiger partial charge in [0.25, 0.3) is 0 Å². The van der Waals surface area contributed by atoms with Crippen LogP contribution in [0.1, 0.15) is 52.4 Å². The summed E-state index contributed by atoms with van der Waals surface area (Å²) in [5.41, 5.74) is 5.73. The van der Waals surface area contributed by atoms with Crippen molar-refractivity contribution < 1.29 is 5.11 Å². The highest BCUT2D eigenvalue weighted by molar-refractivity contribution is 4.83. The topological polar surface area (TPSA) is 49.5 Å². The minimum atomic E-state index is -0.346. The Hall–Kier alpha value is -0.120. The van der Waals surface area contributed by atoms with Gasteiger partial charge in [-0.3, -0.25) is 0 Å². The van der Waals surface area contributed by atoms with Gasteiger partial charge in [-0.2, -0.15) is 0 Å². The number of aliphatic hydroxyl groups is 1. The molecule has 0 aliphatic carbocycles. The molecule has 0 aromatic rings. The van der Waals surface area contributed by atoms with Gasteiger partial charge in [-0.1, -0.05) is 13.8 Å². The predicted octanol–water partition coefficient (Wildman–Crippen LogP) is 1.74. The lowest BCUT2D eigenvalue weighted by Gasteiger charge is -2.28. The summed E-state index contributed by atoms with van der Waals surface area (Å²) in [5.74, 6) is 0. The van der Waals surface area contributed by atoms with E-state index < -0.39 is 0 Å². The maximum Gasteiger partial charge on any atom is 0.0611 e. The first-order chi connectivity index (χ1) is 7.65. The Morgan fingerprint density at radius 1 is 1.44 bits per heavy atom. The minimum Gasteiger partial charge on any atom is -0.394 e. The van der Waals surface area contributed by atoms with Gasteiger partial charge in [-0.05, 0) is 51.6 Å². The number of likely N-dealkylation sites (tertiary alicyclic amines) is 1. The Balaban J connectivity index is 2.24. The second kappa shape index (κ2) is 6.58. The van der Waals surface area contributed by atoms with Crippen molar-refractivity contribution in [1.29, 1.82) is 0 Å². The number of hydrogen-bond acceptors (Lipinski definition) is 3. The van der Waals surface area contributed by atoms with E-state index in [4.69, 9.17) is 5.73 Å². The largest absolute Gasteiger partial charge is 0.394 e. The molecule has 0 spiro atoms. The highest BCUT2D eigenvalue weighted by Crippen LogP contribution is 2.21. The van der Waals surface area contributed by atoms with Crippen LogP contribution in [0.5, 0.6) is 0 Å². The average molecular weight is 228 g/mol. The number of rotatable bonds is 7. The van der Waals surface area contributed by atoms with E-state index in [1.54, 1.807) is 0 Å². The molecule has 3 heteroatoms. The smallest absolute Gasteiger partial charge is 0.0611 e. The Morgan fingerprint density at radius 3 is 2.75 bits per heavy atom. The van der Waals surface area contributed by atoms with Crippen LogP contribution in [0.15, 0.2) is 0 Å². The lowest BCUT2D eigenvalue weighted by molar-refractivity contribution is 0.168. The minimum absolute atomic E-state index is 0.112. The summed E-state index contributed by atoms with van der Waals surface area (Å²) in [4.78, 5) is 2.59. The molecular formula is C13H28N2O. The summed E-state index contributed by atoms with van der Waals surface area (Å²) in [6.07, 6.45) is 6.88. The molecule has 16 heavy (non-hydrogen) atoms. The highest BCUT2D eigenvalue weighted by atomic mass is 16.3.